The standard InChI is InChI=1S/C42H25BN2O/c1-2-12-26(13-3-1)44-36-19-9-5-17-30(36)33-25-40-34(24-39(33)44)32-23-22-31-29-16-7-11-21-38(29)45-37-20-10-6-15-28(37)27-14-4-8-18-35(27)43(45)41(31)42(32)46-40/h1-25H. The van der Waals surface area contributed by atoms with Crippen LogP contribution in [0.3, 0.4) is 0 Å². The Morgan fingerprint density at radius 3 is 1.96 bits per heavy atom. The molecule has 2 aliphatic heterocycles. The molecule has 0 fully saturated rings. The Labute approximate surface area is 265 Å². The van der Waals surface area contributed by atoms with E-state index in [-0.39, 0.29) is 6.85 Å². The van der Waals surface area contributed by atoms with E-state index in [2.05, 4.69) is 161 Å². The van der Waals surface area contributed by atoms with Gasteiger partial charge in [-0.05, 0) is 65.1 Å². The molecule has 4 heteroatoms. The predicted molar refractivity (Wildman–Crippen MR) is 193 cm³/mol. The topological polar surface area (TPSA) is 21.3 Å². The number of rotatable bonds is 1. The van der Waals surface area contributed by atoms with Crippen LogP contribution in [0.4, 0.5) is 11.4 Å². The zero-order valence-corrected chi connectivity index (χ0v) is 24.8. The van der Waals surface area contributed by atoms with Gasteiger partial charge in [-0.15, -0.1) is 0 Å². The molecule has 3 nitrogen and oxygen atoms in total. The molecule has 0 saturated carbocycles. The summed E-state index contributed by atoms with van der Waals surface area (Å²) in [5, 5.41) is 4.71. The molecule has 0 bridgehead atoms. The van der Waals surface area contributed by atoms with E-state index >= 15 is 0 Å². The van der Waals surface area contributed by atoms with E-state index in [9.17, 15) is 0 Å². The molecule has 2 aromatic heterocycles. The molecular formula is C42H25BN2O. The number of hydrogen-bond acceptors (Lipinski definition) is 2. The average molecular weight is 584 g/mol. The predicted octanol–water partition coefficient (Wildman–Crippen LogP) is 9.59. The third-order valence-corrected chi connectivity index (χ3v) is 10.2. The Morgan fingerprint density at radius 1 is 0.457 bits per heavy atom. The lowest BCUT2D eigenvalue weighted by Crippen LogP contribution is -2.59. The molecule has 0 aliphatic carbocycles. The summed E-state index contributed by atoms with van der Waals surface area (Å²) in [6.45, 7) is -0.0198. The molecule has 0 atom stereocenters. The Bertz CT molecular complexity index is 2720. The number of fused-ring (bicyclic) bond motifs is 18. The van der Waals surface area contributed by atoms with Crippen molar-refractivity contribution in [3.8, 4) is 27.9 Å². The van der Waals surface area contributed by atoms with Crippen LogP contribution in [0, 0.1) is 0 Å². The Morgan fingerprint density at radius 2 is 1.13 bits per heavy atom. The second-order valence-corrected chi connectivity index (χ2v) is 12.5. The van der Waals surface area contributed by atoms with Crippen molar-refractivity contribution in [1.82, 2.24) is 4.57 Å². The second-order valence-electron chi connectivity index (χ2n) is 12.5. The summed E-state index contributed by atoms with van der Waals surface area (Å²) < 4.78 is 9.44. The minimum Gasteiger partial charge on any atom is -0.456 e. The number of furan rings is 1. The van der Waals surface area contributed by atoms with Crippen LogP contribution in [0.15, 0.2) is 156 Å². The molecule has 11 rings (SSSR count). The zero-order valence-electron chi connectivity index (χ0n) is 24.8. The van der Waals surface area contributed by atoms with Gasteiger partial charge in [0.15, 0.2) is 0 Å². The molecule has 0 N–H and O–H groups in total. The van der Waals surface area contributed by atoms with Crippen molar-refractivity contribution in [2.45, 2.75) is 0 Å². The van der Waals surface area contributed by atoms with Crippen molar-refractivity contribution in [2.24, 2.45) is 0 Å². The van der Waals surface area contributed by atoms with E-state index in [1.165, 1.54) is 66.4 Å². The lowest BCUT2D eigenvalue weighted by molar-refractivity contribution is 0.672. The molecule has 46 heavy (non-hydrogen) atoms. The maximum absolute atomic E-state index is 7.05. The fraction of sp³-hybridized carbons (Fsp3) is 0. The van der Waals surface area contributed by atoms with Crippen molar-refractivity contribution < 1.29 is 4.42 Å². The molecule has 0 saturated heterocycles. The van der Waals surface area contributed by atoms with Gasteiger partial charge in [0.2, 0.25) is 0 Å². The number of anilines is 2. The number of nitrogens with zero attached hydrogens (tertiary/aromatic N) is 2. The van der Waals surface area contributed by atoms with Gasteiger partial charge in [0.05, 0.1) is 11.0 Å². The van der Waals surface area contributed by atoms with Crippen LogP contribution < -0.4 is 15.7 Å². The van der Waals surface area contributed by atoms with Crippen LogP contribution in [0.25, 0.3) is 71.7 Å². The fourth-order valence-electron chi connectivity index (χ4n) is 8.32. The largest absolute Gasteiger partial charge is 0.456 e. The van der Waals surface area contributed by atoms with Crippen LogP contribution in [0.2, 0.25) is 0 Å². The van der Waals surface area contributed by atoms with Crippen LogP contribution >= 0.6 is 0 Å². The SMILES string of the molecule is c1ccc(-n2c3ccccc3c3cc4oc5c6c(ccc5c4cc32)-c2ccccc2N2B6c3ccccc3-c3ccccc32)cc1. The van der Waals surface area contributed by atoms with Crippen molar-refractivity contribution in [2.75, 3.05) is 4.81 Å². The third-order valence-electron chi connectivity index (χ3n) is 10.2. The summed E-state index contributed by atoms with van der Waals surface area (Å²) in [5.74, 6) is 0. The van der Waals surface area contributed by atoms with Gasteiger partial charge in [-0.25, -0.2) is 0 Å². The van der Waals surface area contributed by atoms with Gasteiger partial charge in [-0.1, -0.05) is 103 Å². The lowest BCUT2D eigenvalue weighted by Gasteiger charge is -2.43. The highest BCUT2D eigenvalue weighted by Crippen LogP contribution is 2.47. The van der Waals surface area contributed by atoms with Gasteiger partial charge in [0.1, 0.15) is 11.2 Å². The van der Waals surface area contributed by atoms with E-state index in [0.29, 0.717) is 0 Å². The van der Waals surface area contributed by atoms with E-state index in [1.807, 2.05) is 0 Å². The van der Waals surface area contributed by atoms with Crippen LogP contribution in [0.5, 0.6) is 0 Å². The summed E-state index contributed by atoms with van der Waals surface area (Å²) in [5.41, 5.74) is 15.4. The average Bonchev–Trinajstić information content (AvgIpc) is 3.65. The van der Waals surface area contributed by atoms with E-state index in [4.69, 9.17) is 4.42 Å². The quantitative estimate of drug-likeness (QED) is 0.179. The summed E-state index contributed by atoms with van der Waals surface area (Å²) in [4.78, 5) is 2.54. The monoisotopic (exact) mass is 584 g/mol. The minimum atomic E-state index is -0.0198. The molecule has 9 aromatic rings. The highest BCUT2D eigenvalue weighted by atomic mass is 16.3. The molecule has 0 radical (unpaired) electrons. The van der Waals surface area contributed by atoms with Crippen molar-refractivity contribution in [1.29, 1.82) is 0 Å². The van der Waals surface area contributed by atoms with Gasteiger partial charge in [0, 0.05) is 55.2 Å². The molecular weight excluding hydrogens is 559 g/mol. The van der Waals surface area contributed by atoms with Gasteiger partial charge >= 0.3 is 6.85 Å². The maximum Gasteiger partial charge on any atom is 0.333 e. The number of benzene rings is 7. The fourth-order valence-corrected chi connectivity index (χ4v) is 8.32. The molecule has 0 spiro atoms. The number of hydrogen-bond donors (Lipinski definition) is 0. The van der Waals surface area contributed by atoms with Gasteiger partial charge in [-0.2, -0.15) is 0 Å². The molecule has 4 heterocycles. The first-order valence-electron chi connectivity index (χ1n) is 15.9. The Kier molecular flexibility index (Phi) is 4.66. The smallest absolute Gasteiger partial charge is 0.333 e. The lowest BCUT2D eigenvalue weighted by atomic mass is 9.43. The van der Waals surface area contributed by atoms with E-state index in [0.717, 1.165) is 27.6 Å². The zero-order chi connectivity index (χ0) is 29.9. The molecule has 2 aliphatic rings. The molecule has 0 unspecified atom stereocenters. The Hall–Kier alpha value is -6.00. The summed E-state index contributed by atoms with van der Waals surface area (Å²) in [6.07, 6.45) is 0. The summed E-state index contributed by atoms with van der Waals surface area (Å²) in [7, 11) is 0. The summed E-state index contributed by atoms with van der Waals surface area (Å²) >= 11 is 0. The van der Waals surface area contributed by atoms with Crippen LogP contribution in [-0.2, 0) is 0 Å². The normalized spacial score (nSPS) is 13.1. The molecule has 212 valence electrons. The van der Waals surface area contributed by atoms with Gasteiger partial charge in [0.25, 0.3) is 0 Å². The van der Waals surface area contributed by atoms with Gasteiger partial charge in [-0.3, -0.25) is 0 Å². The summed E-state index contributed by atoms with van der Waals surface area (Å²) in [6, 6.07) is 55.1. The second kappa shape index (κ2) is 8.80. The van der Waals surface area contributed by atoms with Crippen molar-refractivity contribution in [3.05, 3.63) is 152 Å². The third kappa shape index (κ3) is 3.03. The van der Waals surface area contributed by atoms with Crippen LogP contribution in [0.1, 0.15) is 0 Å². The first-order valence-corrected chi connectivity index (χ1v) is 15.9. The highest BCUT2D eigenvalue weighted by Gasteiger charge is 2.43. The minimum absolute atomic E-state index is 0.0198. The molecule has 0 amide bonds. The van der Waals surface area contributed by atoms with Crippen molar-refractivity contribution >= 4 is 72.9 Å². The number of aromatic nitrogens is 1. The van der Waals surface area contributed by atoms with Gasteiger partial charge < -0.3 is 13.8 Å². The maximum atomic E-state index is 7.05. The highest BCUT2D eigenvalue weighted by molar-refractivity contribution is 6.94. The first kappa shape index (κ1) is 24.3. The van der Waals surface area contributed by atoms with E-state index in [1.54, 1.807) is 0 Å². The molecule has 7 aromatic carbocycles. The Balaban J connectivity index is 1.27. The first-order chi connectivity index (χ1) is 22.8. The number of para-hydroxylation sites is 4. The van der Waals surface area contributed by atoms with Crippen molar-refractivity contribution in [3.63, 3.8) is 0 Å². The van der Waals surface area contributed by atoms with E-state index < -0.39 is 0 Å². The van der Waals surface area contributed by atoms with Crippen LogP contribution in [-0.4, -0.2) is 11.4 Å².